The minimum Gasteiger partial charge on any atom is -0.478 e. The summed E-state index contributed by atoms with van der Waals surface area (Å²) < 4.78 is 5.70. The standard InChI is InChI=1S/C13H19N3O.2ClH/c1-2-17-13-10-5-7-14-8-6-11(10)15-12(16-13)9-3-4-9;;/h9,14H,2-8H2,1H3;2*1H. The van der Waals surface area contributed by atoms with Crippen LogP contribution >= 0.6 is 24.8 Å². The van der Waals surface area contributed by atoms with Crippen molar-refractivity contribution in [3.05, 3.63) is 17.1 Å². The van der Waals surface area contributed by atoms with Gasteiger partial charge in [0.05, 0.1) is 12.3 Å². The van der Waals surface area contributed by atoms with Crippen LogP contribution < -0.4 is 10.1 Å². The number of nitrogens with zero attached hydrogens (tertiary/aromatic N) is 2. The summed E-state index contributed by atoms with van der Waals surface area (Å²) in [6.45, 7) is 4.71. The first-order valence-electron chi connectivity index (χ1n) is 6.61. The van der Waals surface area contributed by atoms with Crippen molar-refractivity contribution in [1.82, 2.24) is 15.3 Å². The topological polar surface area (TPSA) is 47.0 Å². The van der Waals surface area contributed by atoms with Gasteiger partial charge in [-0.1, -0.05) is 0 Å². The van der Waals surface area contributed by atoms with Crippen LogP contribution in [0.5, 0.6) is 5.88 Å². The van der Waals surface area contributed by atoms with E-state index in [1.165, 1.54) is 24.1 Å². The molecule has 0 aromatic carbocycles. The Hall–Kier alpha value is -0.580. The monoisotopic (exact) mass is 305 g/mol. The first-order chi connectivity index (χ1) is 8.38. The summed E-state index contributed by atoms with van der Waals surface area (Å²) in [5.74, 6) is 2.44. The largest absolute Gasteiger partial charge is 0.478 e. The predicted molar refractivity (Wildman–Crippen MR) is 79.9 cm³/mol. The highest BCUT2D eigenvalue weighted by molar-refractivity contribution is 5.85. The third kappa shape index (κ3) is 3.71. The van der Waals surface area contributed by atoms with Gasteiger partial charge in [-0.2, -0.15) is 4.98 Å². The Labute approximate surface area is 126 Å². The van der Waals surface area contributed by atoms with Gasteiger partial charge in [-0.15, -0.1) is 24.8 Å². The summed E-state index contributed by atoms with van der Waals surface area (Å²) in [6, 6.07) is 0. The molecule has 0 unspecified atom stereocenters. The molecule has 0 spiro atoms. The zero-order valence-corrected chi connectivity index (χ0v) is 12.8. The minimum absolute atomic E-state index is 0. The molecular formula is C13H21Cl2N3O. The number of nitrogens with one attached hydrogen (secondary N) is 1. The van der Waals surface area contributed by atoms with Crippen molar-refractivity contribution in [2.75, 3.05) is 19.7 Å². The molecule has 0 amide bonds. The van der Waals surface area contributed by atoms with E-state index in [2.05, 4.69) is 10.3 Å². The fourth-order valence-corrected chi connectivity index (χ4v) is 2.31. The Bertz CT molecular complexity index is 425. The molecule has 1 aromatic heterocycles. The van der Waals surface area contributed by atoms with E-state index in [1.54, 1.807) is 0 Å². The Morgan fingerprint density at radius 3 is 2.58 bits per heavy atom. The maximum absolute atomic E-state index is 5.70. The van der Waals surface area contributed by atoms with Crippen molar-refractivity contribution < 1.29 is 4.74 Å². The van der Waals surface area contributed by atoms with Gasteiger partial charge in [-0.3, -0.25) is 0 Å². The van der Waals surface area contributed by atoms with Crippen LogP contribution in [0.25, 0.3) is 0 Å². The van der Waals surface area contributed by atoms with Crippen molar-refractivity contribution >= 4 is 24.8 Å². The lowest BCUT2D eigenvalue weighted by Crippen LogP contribution is -2.16. The summed E-state index contributed by atoms with van der Waals surface area (Å²) in [4.78, 5) is 9.37. The molecule has 6 heteroatoms. The van der Waals surface area contributed by atoms with Crippen LogP contribution in [0.2, 0.25) is 0 Å². The second-order valence-corrected chi connectivity index (χ2v) is 4.77. The van der Waals surface area contributed by atoms with Crippen LogP contribution in [-0.2, 0) is 12.8 Å². The van der Waals surface area contributed by atoms with Gasteiger partial charge in [0, 0.05) is 24.4 Å². The number of hydrogen-bond donors (Lipinski definition) is 1. The molecular weight excluding hydrogens is 285 g/mol. The lowest BCUT2D eigenvalue weighted by molar-refractivity contribution is 0.320. The molecule has 3 rings (SSSR count). The van der Waals surface area contributed by atoms with E-state index in [-0.39, 0.29) is 24.8 Å². The molecule has 1 aliphatic heterocycles. The number of hydrogen-bond acceptors (Lipinski definition) is 4. The highest BCUT2D eigenvalue weighted by Gasteiger charge is 2.29. The van der Waals surface area contributed by atoms with Crippen molar-refractivity contribution in [2.45, 2.75) is 38.5 Å². The summed E-state index contributed by atoms with van der Waals surface area (Å²) in [7, 11) is 0. The van der Waals surface area contributed by atoms with Gasteiger partial charge >= 0.3 is 0 Å². The lowest BCUT2D eigenvalue weighted by Gasteiger charge is -2.12. The van der Waals surface area contributed by atoms with E-state index >= 15 is 0 Å². The van der Waals surface area contributed by atoms with Gasteiger partial charge in [0.15, 0.2) is 0 Å². The third-order valence-electron chi connectivity index (χ3n) is 3.39. The van der Waals surface area contributed by atoms with E-state index in [0.717, 1.165) is 37.6 Å². The molecule has 0 saturated heterocycles. The molecule has 0 bridgehead atoms. The van der Waals surface area contributed by atoms with Crippen LogP contribution in [0.4, 0.5) is 0 Å². The fourth-order valence-electron chi connectivity index (χ4n) is 2.31. The predicted octanol–water partition coefficient (Wildman–Crippen LogP) is 2.28. The highest BCUT2D eigenvalue weighted by atomic mass is 35.5. The van der Waals surface area contributed by atoms with E-state index < -0.39 is 0 Å². The molecule has 1 saturated carbocycles. The molecule has 0 radical (unpaired) electrons. The molecule has 1 aliphatic carbocycles. The summed E-state index contributed by atoms with van der Waals surface area (Å²) >= 11 is 0. The number of fused-ring (bicyclic) bond motifs is 1. The third-order valence-corrected chi connectivity index (χ3v) is 3.39. The van der Waals surface area contributed by atoms with Crippen LogP contribution in [0.1, 0.15) is 42.8 Å². The summed E-state index contributed by atoms with van der Waals surface area (Å²) in [6.07, 6.45) is 4.46. The molecule has 1 N–H and O–H groups in total. The molecule has 19 heavy (non-hydrogen) atoms. The maximum Gasteiger partial charge on any atom is 0.220 e. The van der Waals surface area contributed by atoms with Gasteiger partial charge < -0.3 is 10.1 Å². The van der Waals surface area contributed by atoms with Gasteiger partial charge in [0.1, 0.15) is 5.82 Å². The van der Waals surface area contributed by atoms with Crippen LogP contribution in [0.15, 0.2) is 0 Å². The normalized spacial score (nSPS) is 17.5. The second-order valence-electron chi connectivity index (χ2n) is 4.77. The maximum atomic E-state index is 5.70. The quantitative estimate of drug-likeness (QED) is 0.931. The first-order valence-corrected chi connectivity index (χ1v) is 6.61. The van der Waals surface area contributed by atoms with Crippen molar-refractivity contribution in [1.29, 1.82) is 0 Å². The number of halogens is 2. The summed E-state index contributed by atoms with van der Waals surface area (Å²) in [5.41, 5.74) is 2.43. The zero-order chi connectivity index (χ0) is 11.7. The van der Waals surface area contributed by atoms with Crippen LogP contribution in [0, 0.1) is 0 Å². The molecule has 4 nitrogen and oxygen atoms in total. The highest BCUT2D eigenvalue weighted by Crippen LogP contribution is 2.39. The number of ether oxygens (including phenoxy) is 1. The smallest absolute Gasteiger partial charge is 0.220 e. The van der Waals surface area contributed by atoms with E-state index in [4.69, 9.17) is 9.72 Å². The Morgan fingerprint density at radius 2 is 1.89 bits per heavy atom. The number of aromatic nitrogens is 2. The Balaban J connectivity index is 0.000000902. The molecule has 2 aliphatic rings. The molecule has 108 valence electrons. The van der Waals surface area contributed by atoms with Gasteiger partial charge in [-0.25, -0.2) is 4.98 Å². The minimum atomic E-state index is 0. The average Bonchev–Trinajstić information content (AvgIpc) is 3.16. The second kappa shape index (κ2) is 7.27. The SMILES string of the molecule is CCOc1nc(C2CC2)nc2c1CCNCC2.Cl.Cl. The molecule has 1 aromatic rings. The van der Waals surface area contributed by atoms with Crippen molar-refractivity contribution in [3.8, 4) is 5.88 Å². The summed E-state index contributed by atoms with van der Waals surface area (Å²) in [5, 5.41) is 3.40. The molecule has 2 heterocycles. The van der Waals surface area contributed by atoms with Crippen molar-refractivity contribution in [2.24, 2.45) is 0 Å². The van der Waals surface area contributed by atoms with E-state index in [1.807, 2.05) is 6.92 Å². The van der Waals surface area contributed by atoms with Crippen LogP contribution in [0.3, 0.4) is 0 Å². The van der Waals surface area contributed by atoms with Gasteiger partial charge in [0.25, 0.3) is 0 Å². The lowest BCUT2D eigenvalue weighted by atomic mass is 10.1. The average molecular weight is 306 g/mol. The first kappa shape index (κ1) is 16.5. The Morgan fingerprint density at radius 1 is 1.16 bits per heavy atom. The number of rotatable bonds is 3. The van der Waals surface area contributed by atoms with E-state index in [9.17, 15) is 0 Å². The Kier molecular flexibility index (Phi) is 6.30. The molecule has 0 atom stereocenters. The van der Waals surface area contributed by atoms with Crippen LogP contribution in [-0.4, -0.2) is 29.7 Å². The van der Waals surface area contributed by atoms with Crippen molar-refractivity contribution in [3.63, 3.8) is 0 Å². The molecule has 1 fully saturated rings. The fraction of sp³-hybridized carbons (Fsp3) is 0.692. The van der Waals surface area contributed by atoms with Gasteiger partial charge in [-0.05, 0) is 32.7 Å². The van der Waals surface area contributed by atoms with E-state index in [0.29, 0.717) is 12.5 Å². The van der Waals surface area contributed by atoms with Gasteiger partial charge in [0.2, 0.25) is 5.88 Å². The zero-order valence-electron chi connectivity index (χ0n) is 11.1.